The molecule has 1 N–H and O–H groups in total. The van der Waals surface area contributed by atoms with Gasteiger partial charge in [0.05, 0.1) is 29.0 Å². The molecule has 0 saturated carbocycles. The predicted molar refractivity (Wildman–Crippen MR) is 104 cm³/mol. The Morgan fingerprint density at radius 2 is 1.68 bits per heavy atom. The normalized spacial score (nSPS) is 10.8. The van der Waals surface area contributed by atoms with Gasteiger partial charge in [0.1, 0.15) is 21.4 Å². The first-order valence-electron chi connectivity index (χ1n) is 7.05. The Hall–Kier alpha value is -1.66. The van der Waals surface area contributed by atoms with Crippen LogP contribution < -0.4 is 14.8 Å². The molecule has 25 heavy (non-hydrogen) atoms. The monoisotopic (exact) mass is 415 g/mol. The van der Waals surface area contributed by atoms with Crippen LogP contribution in [0.25, 0.3) is 10.1 Å². The van der Waals surface area contributed by atoms with Crippen molar-refractivity contribution in [2.24, 2.45) is 0 Å². The molecule has 8 heteroatoms. The number of amides is 1. The predicted octanol–water partition coefficient (Wildman–Crippen LogP) is 6.13. The minimum Gasteiger partial charge on any atom is -0.495 e. The van der Waals surface area contributed by atoms with Crippen LogP contribution in [0.3, 0.4) is 0 Å². The summed E-state index contributed by atoms with van der Waals surface area (Å²) in [5.74, 6) is 0.710. The van der Waals surface area contributed by atoms with E-state index in [1.165, 1.54) is 25.6 Å². The fraction of sp³-hybridized carbons (Fsp3) is 0.118. The first-order valence-corrected chi connectivity index (χ1v) is 9.00. The van der Waals surface area contributed by atoms with Crippen molar-refractivity contribution in [3.63, 3.8) is 0 Å². The number of halogens is 3. The van der Waals surface area contributed by atoms with E-state index < -0.39 is 0 Å². The molecule has 2 aromatic carbocycles. The number of hydrogen-bond acceptors (Lipinski definition) is 4. The van der Waals surface area contributed by atoms with E-state index in [1.807, 2.05) is 0 Å². The van der Waals surface area contributed by atoms with Crippen molar-refractivity contribution in [1.29, 1.82) is 0 Å². The summed E-state index contributed by atoms with van der Waals surface area (Å²) >= 11 is 20.0. The molecule has 130 valence electrons. The molecular weight excluding hydrogens is 405 g/mol. The SMILES string of the molecule is COc1ccc(NC(=O)c2sc3c(Cl)c(OC)ccc3c2Cl)cc1Cl. The summed E-state index contributed by atoms with van der Waals surface area (Å²) in [5, 5.41) is 4.65. The lowest BCUT2D eigenvalue weighted by Crippen LogP contribution is -2.10. The maximum atomic E-state index is 12.6. The third kappa shape index (κ3) is 3.37. The zero-order valence-electron chi connectivity index (χ0n) is 13.2. The molecule has 0 unspecified atom stereocenters. The highest BCUT2D eigenvalue weighted by Gasteiger charge is 2.20. The smallest absolute Gasteiger partial charge is 0.267 e. The average molecular weight is 417 g/mol. The van der Waals surface area contributed by atoms with Gasteiger partial charge < -0.3 is 14.8 Å². The molecule has 0 spiro atoms. The summed E-state index contributed by atoms with van der Waals surface area (Å²) in [7, 11) is 3.05. The Morgan fingerprint density at radius 3 is 2.32 bits per heavy atom. The Kier molecular flexibility index (Phi) is 5.29. The van der Waals surface area contributed by atoms with E-state index >= 15 is 0 Å². The molecule has 0 saturated heterocycles. The van der Waals surface area contributed by atoms with E-state index in [1.54, 1.807) is 30.3 Å². The molecule has 0 fully saturated rings. The van der Waals surface area contributed by atoms with Crippen LogP contribution in [-0.2, 0) is 0 Å². The number of hydrogen-bond donors (Lipinski definition) is 1. The van der Waals surface area contributed by atoms with Crippen LogP contribution in [0.4, 0.5) is 5.69 Å². The second-order valence-corrected chi connectivity index (χ2v) is 7.19. The molecule has 4 nitrogen and oxygen atoms in total. The molecule has 0 aliphatic rings. The van der Waals surface area contributed by atoms with E-state index in [0.29, 0.717) is 47.2 Å². The number of anilines is 1. The van der Waals surface area contributed by atoms with Crippen LogP contribution in [0, 0.1) is 0 Å². The highest BCUT2D eigenvalue weighted by atomic mass is 35.5. The number of ether oxygens (including phenoxy) is 2. The highest BCUT2D eigenvalue weighted by Crippen LogP contribution is 2.43. The lowest BCUT2D eigenvalue weighted by atomic mass is 10.2. The maximum absolute atomic E-state index is 12.6. The summed E-state index contributed by atoms with van der Waals surface area (Å²) in [4.78, 5) is 13.0. The Bertz CT molecular complexity index is 971. The fourth-order valence-corrected chi connectivity index (χ4v) is 4.36. The first-order chi connectivity index (χ1) is 12.0. The Labute approximate surface area is 163 Å². The summed E-state index contributed by atoms with van der Waals surface area (Å²) in [6.07, 6.45) is 0. The van der Waals surface area contributed by atoms with Gasteiger partial charge in [-0.25, -0.2) is 0 Å². The van der Waals surface area contributed by atoms with Gasteiger partial charge in [-0.3, -0.25) is 4.79 Å². The molecule has 0 bridgehead atoms. The Morgan fingerprint density at radius 1 is 1.00 bits per heavy atom. The second kappa shape index (κ2) is 7.30. The summed E-state index contributed by atoms with van der Waals surface area (Å²) in [6, 6.07) is 8.47. The highest BCUT2D eigenvalue weighted by molar-refractivity contribution is 7.22. The minimum atomic E-state index is -0.345. The lowest BCUT2D eigenvalue weighted by molar-refractivity contribution is 0.103. The Balaban J connectivity index is 1.96. The number of rotatable bonds is 4. The van der Waals surface area contributed by atoms with Crippen molar-refractivity contribution < 1.29 is 14.3 Å². The molecule has 1 heterocycles. The molecule has 0 aliphatic heterocycles. The maximum Gasteiger partial charge on any atom is 0.267 e. The van der Waals surface area contributed by atoms with Gasteiger partial charge in [0, 0.05) is 11.1 Å². The van der Waals surface area contributed by atoms with Crippen molar-refractivity contribution >= 4 is 67.8 Å². The van der Waals surface area contributed by atoms with Gasteiger partial charge >= 0.3 is 0 Å². The minimum absolute atomic E-state index is 0.345. The molecular formula is C17H12Cl3NO3S. The number of benzene rings is 2. The zero-order valence-corrected chi connectivity index (χ0v) is 16.2. The third-order valence-corrected chi connectivity index (χ3v) is 6.05. The molecule has 0 aliphatic carbocycles. The van der Waals surface area contributed by atoms with E-state index in [-0.39, 0.29) is 5.91 Å². The van der Waals surface area contributed by atoms with Crippen LogP contribution in [0.1, 0.15) is 9.67 Å². The first kappa shape index (κ1) is 18.1. The van der Waals surface area contributed by atoms with Gasteiger partial charge in [-0.1, -0.05) is 34.8 Å². The average Bonchev–Trinajstić information content (AvgIpc) is 2.93. The van der Waals surface area contributed by atoms with Crippen molar-refractivity contribution in [3.05, 3.63) is 50.3 Å². The molecule has 0 atom stereocenters. The standard InChI is InChI=1S/C17H12Cl3NO3S/c1-23-11-5-3-8(7-10(11)18)21-17(22)16-13(19)9-4-6-12(24-2)14(20)15(9)25-16/h3-7H,1-2H3,(H,21,22). The third-order valence-electron chi connectivity index (χ3n) is 3.54. The number of fused-ring (bicyclic) bond motifs is 1. The van der Waals surface area contributed by atoms with Gasteiger partial charge in [0.2, 0.25) is 0 Å². The molecule has 0 radical (unpaired) electrons. The number of methoxy groups -OCH3 is 2. The van der Waals surface area contributed by atoms with Crippen molar-refractivity contribution in [1.82, 2.24) is 0 Å². The van der Waals surface area contributed by atoms with Gasteiger partial charge in [-0.05, 0) is 30.3 Å². The van der Waals surface area contributed by atoms with Crippen LogP contribution >= 0.6 is 46.1 Å². The van der Waals surface area contributed by atoms with E-state index in [2.05, 4.69) is 5.32 Å². The second-order valence-electron chi connectivity index (χ2n) is 5.01. The van der Waals surface area contributed by atoms with Gasteiger partial charge in [-0.15, -0.1) is 11.3 Å². The van der Waals surface area contributed by atoms with E-state index in [9.17, 15) is 4.79 Å². The fourth-order valence-electron chi connectivity index (χ4n) is 2.32. The van der Waals surface area contributed by atoms with E-state index in [0.717, 1.165) is 0 Å². The topological polar surface area (TPSA) is 47.6 Å². The van der Waals surface area contributed by atoms with Crippen molar-refractivity contribution in [2.75, 3.05) is 19.5 Å². The molecule has 3 aromatic rings. The number of thiophene rings is 1. The zero-order chi connectivity index (χ0) is 18.1. The summed E-state index contributed by atoms with van der Waals surface area (Å²) in [6.45, 7) is 0. The van der Waals surface area contributed by atoms with Crippen LogP contribution in [0.2, 0.25) is 15.1 Å². The summed E-state index contributed by atoms with van der Waals surface area (Å²) < 4.78 is 11.0. The van der Waals surface area contributed by atoms with Crippen LogP contribution in [0.5, 0.6) is 11.5 Å². The van der Waals surface area contributed by atoms with Gasteiger partial charge in [0.25, 0.3) is 5.91 Å². The van der Waals surface area contributed by atoms with Crippen LogP contribution in [-0.4, -0.2) is 20.1 Å². The van der Waals surface area contributed by atoms with Crippen molar-refractivity contribution in [2.45, 2.75) is 0 Å². The number of nitrogens with one attached hydrogen (secondary N) is 1. The van der Waals surface area contributed by atoms with Gasteiger partial charge in [-0.2, -0.15) is 0 Å². The largest absolute Gasteiger partial charge is 0.495 e. The molecule has 1 amide bonds. The lowest BCUT2D eigenvalue weighted by Gasteiger charge is -2.07. The number of carbonyl (C=O) groups excluding carboxylic acids is 1. The van der Waals surface area contributed by atoms with Crippen molar-refractivity contribution in [3.8, 4) is 11.5 Å². The quantitative estimate of drug-likeness (QED) is 0.556. The number of carbonyl (C=O) groups is 1. The molecule has 1 aromatic heterocycles. The summed E-state index contributed by atoms with van der Waals surface area (Å²) in [5.41, 5.74) is 0.535. The van der Waals surface area contributed by atoms with E-state index in [4.69, 9.17) is 44.3 Å². The molecule has 3 rings (SSSR count). The van der Waals surface area contributed by atoms with Crippen LogP contribution in [0.15, 0.2) is 30.3 Å². The van der Waals surface area contributed by atoms with Gasteiger partial charge in [0.15, 0.2) is 0 Å².